The third kappa shape index (κ3) is 6.32. The van der Waals surface area contributed by atoms with Crippen LogP contribution in [-0.4, -0.2) is 43.0 Å². The molecule has 0 saturated heterocycles. The number of benzene rings is 1. The second kappa shape index (κ2) is 9.20. The number of fused-ring (bicyclic) bond motifs is 2. The molecule has 1 N–H and O–H groups in total. The van der Waals surface area contributed by atoms with Gasteiger partial charge in [-0.3, -0.25) is 9.35 Å². The van der Waals surface area contributed by atoms with Crippen LogP contribution in [0.5, 0.6) is 0 Å². The molecule has 6 nitrogen and oxygen atoms in total. The fourth-order valence-corrected chi connectivity index (χ4v) is 3.65. The largest absolute Gasteiger partial charge is 0.464 e. The lowest BCUT2D eigenvalue weighted by Crippen LogP contribution is -2.15. The SMILES string of the molecule is O=C(CCC1c2cccc(c2)C1CCCN=C=S)OCCS(=O)(=O)O. The Kier molecular flexibility index (Phi) is 7.25. The van der Waals surface area contributed by atoms with Crippen molar-refractivity contribution in [1.29, 1.82) is 0 Å². The van der Waals surface area contributed by atoms with Crippen molar-refractivity contribution in [3.8, 4) is 0 Å². The Hall–Kier alpha value is -1.60. The second-order valence-corrected chi connectivity index (χ2v) is 7.80. The van der Waals surface area contributed by atoms with Crippen molar-refractivity contribution in [3.05, 3.63) is 35.4 Å². The number of ether oxygens (including phenoxy) is 1. The molecule has 0 saturated carbocycles. The lowest BCUT2D eigenvalue weighted by Gasteiger charge is -2.20. The van der Waals surface area contributed by atoms with E-state index in [9.17, 15) is 13.2 Å². The number of hydrogen-bond donors (Lipinski definition) is 1. The molecule has 1 aliphatic carbocycles. The highest BCUT2D eigenvalue weighted by atomic mass is 32.2. The predicted octanol–water partition coefficient (Wildman–Crippen LogP) is 2.96. The first kappa shape index (κ1) is 19.7. The van der Waals surface area contributed by atoms with Crippen LogP contribution < -0.4 is 0 Å². The molecule has 8 heteroatoms. The minimum atomic E-state index is -4.11. The summed E-state index contributed by atoms with van der Waals surface area (Å²) in [6.45, 7) is 0.329. The van der Waals surface area contributed by atoms with Crippen LogP contribution in [0.1, 0.15) is 48.6 Å². The van der Waals surface area contributed by atoms with Gasteiger partial charge < -0.3 is 4.74 Å². The van der Waals surface area contributed by atoms with Crippen LogP contribution in [0.3, 0.4) is 0 Å². The molecule has 2 rings (SSSR count). The molecule has 136 valence electrons. The van der Waals surface area contributed by atoms with Crippen molar-refractivity contribution in [2.45, 2.75) is 37.5 Å². The topological polar surface area (TPSA) is 93.0 Å². The van der Waals surface area contributed by atoms with Crippen molar-refractivity contribution in [1.82, 2.24) is 0 Å². The van der Waals surface area contributed by atoms with Crippen molar-refractivity contribution in [2.24, 2.45) is 4.99 Å². The maximum absolute atomic E-state index is 11.8. The van der Waals surface area contributed by atoms with Crippen molar-refractivity contribution >= 4 is 33.5 Å². The quantitative estimate of drug-likeness (QED) is 0.219. The number of isothiocyanates is 1. The summed E-state index contributed by atoms with van der Waals surface area (Å²) < 4.78 is 34.7. The Bertz CT molecular complexity index is 756. The predicted molar refractivity (Wildman–Crippen MR) is 97.7 cm³/mol. The summed E-state index contributed by atoms with van der Waals surface area (Å²) in [7, 11) is -4.11. The van der Waals surface area contributed by atoms with Gasteiger partial charge in [-0.05, 0) is 54.4 Å². The number of rotatable bonds is 10. The summed E-state index contributed by atoms with van der Waals surface area (Å²) >= 11 is 4.57. The highest BCUT2D eigenvalue weighted by Crippen LogP contribution is 2.45. The average Bonchev–Trinajstić information content (AvgIpc) is 2.78. The monoisotopic (exact) mass is 383 g/mol. The zero-order chi connectivity index (χ0) is 18.3. The Morgan fingerprint density at radius 3 is 2.60 bits per heavy atom. The van der Waals surface area contributed by atoms with Gasteiger partial charge in [0.2, 0.25) is 0 Å². The summed E-state index contributed by atoms with van der Waals surface area (Å²) in [4.78, 5) is 15.7. The molecular weight excluding hydrogens is 362 g/mol. The standard InChI is InChI=1S/C17H21NO5S2/c19-17(23-9-10-25(20,21)22)7-6-16-14-4-1-3-13(11-14)15(16)5-2-8-18-12-24/h1,3-4,11,15-16H,2,5-10H2,(H,20,21,22). The van der Waals surface area contributed by atoms with E-state index < -0.39 is 21.8 Å². The Labute approximate surface area is 153 Å². The minimum Gasteiger partial charge on any atom is -0.464 e. The van der Waals surface area contributed by atoms with E-state index in [0.29, 0.717) is 18.9 Å². The maximum atomic E-state index is 11.8. The molecule has 2 unspecified atom stereocenters. The molecule has 0 amide bonds. The first-order valence-electron chi connectivity index (χ1n) is 8.15. The lowest BCUT2D eigenvalue weighted by atomic mass is 9.84. The minimum absolute atomic E-state index is 0.212. The summed E-state index contributed by atoms with van der Waals surface area (Å²) in [5, 5.41) is 2.37. The number of nitrogens with zero attached hydrogens (tertiary/aromatic N) is 1. The van der Waals surface area contributed by atoms with Crippen molar-refractivity contribution in [3.63, 3.8) is 0 Å². The molecule has 0 radical (unpaired) electrons. The van der Waals surface area contributed by atoms with Crippen LogP contribution in [0.15, 0.2) is 29.3 Å². The van der Waals surface area contributed by atoms with Crippen LogP contribution in [-0.2, 0) is 19.6 Å². The van der Waals surface area contributed by atoms with E-state index >= 15 is 0 Å². The molecule has 0 aliphatic heterocycles. The molecule has 2 atom stereocenters. The molecule has 0 spiro atoms. The van der Waals surface area contributed by atoms with Gasteiger partial charge in [0.1, 0.15) is 12.4 Å². The van der Waals surface area contributed by atoms with Gasteiger partial charge in [-0.2, -0.15) is 8.42 Å². The first-order valence-corrected chi connectivity index (χ1v) is 10.2. The molecule has 2 bridgehead atoms. The number of esters is 1. The van der Waals surface area contributed by atoms with Gasteiger partial charge in [-0.25, -0.2) is 4.99 Å². The fourth-order valence-electron chi connectivity index (χ4n) is 3.26. The van der Waals surface area contributed by atoms with Gasteiger partial charge in [-0.1, -0.05) is 24.3 Å². The second-order valence-electron chi connectivity index (χ2n) is 6.04. The van der Waals surface area contributed by atoms with Crippen LogP contribution in [0.2, 0.25) is 0 Å². The molecular formula is C17H21NO5S2. The molecule has 1 aliphatic rings. The van der Waals surface area contributed by atoms with Crippen molar-refractivity contribution < 1.29 is 22.5 Å². The number of carbonyl (C=O) groups excluding carboxylic acids is 1. The number of hydrogen-bond acceptors (Lipinski definition) is 6. The van der Waals surface area contributed by atoms with Crippen LogP contribution in [0, 0.1) is 0 Å². The summed E-state index contributed by atoms with van der Waals surface area (Å²) in [5.41, 5.74) is 2.49. The maximum Gasteiger partial charge on any atom is 0.305 e. The number of carbonyl (C=O) groups is 1. The van der Waals surface area contributed by atoms with Gasteiger partial charge in [0.15, 0.2) is 0 Å². The van der Waals surface area contributed by atoms with Crippen LogP contribution in [0.25, 0.3) is 0 Å². The van der Waals surface area contributed by atoms with Gasteiger partial charge in [0.25, 0.3) is 10.1 Å². The number of thiocarbonyl (C=S) groups is 1. The fraction of sp³-hybridized carbons (Fsp3) is 0.529. The third-order valence-corrected chi connectivity index (χ3v) is 5.18. The van der Waals surface area contributed by atoms with E-state index in [1.54, 1.807) is 0 Å². The Balaban J connectivity index is 1.85. The van der Waals surface area contributed by atoms with E-state index in [4.69, 9.17) is 9.29 Å². The zero-order valence-corrected chi connectivity index (χ0v) is 15.4. The van der Waals surface area contributed by atoms with Gasteiger partial charge in [-0.15, -0.1) is 0 Å². The lowest BCUT2D eigenvalue weighted by molar-refractivity contribution is -0.143. The smallest absolute Gasteiger partial charge is 0.305 e. The number of aliphatic imine (C=N–C) groups is 1. The third-order valence-electron chi connectivity index (χ3n) is 4.37. The van der Waals surface area contributed by atoms with E-state index in [-0.39, 0.29) is 18.9 Å². The van der Waals surface area contributed by atoms with E-state index in [1.165, 1.54) is 11.1 Å². The summed E-state index contributed by atoms with van der Waals surface area (Å²) in [5.74, 6) is -0.439. The van der Waals surface area contributed by atoms with Crippen molar-refractivity contribution in [2.75, 3.05) is 18.9 Å². The molecule has 1 aromatic rings. The van der Waals surface area contributed by atoms with Gasteiger partial charge >= 0.3 is 5.97 Å². The van der Waals surface area contributed by atoms with Crippen LogP contribution >= 0.6 is 12.2 Å². The molecule has 0 fully saturated rings. The van der Waals surface area contributed by atoms with E-state index in [1.807, 2.05) is 6.07 Å². The summed E-state index contributed by atoms with van der Waals surface area (Å²) in [6.07, 6.45) is 2.71. The highest BCUT2D eigenvalue weighted by Gasteiger charge is 2.30. The first-order chi connectivity index (χ1) is 11.9. The Morgan fingerprint density at radius 1 is 1.28 bits per heavy atom. The van der Waals surface area contributed by atoms with E-state index in [0.717, 1.165) is 12.8 Å². The van der Waals surface area contributed by atoms with Gasteiger partial charge in [0, 0.05) is 13.0 Å². The van der Waals surface area contributed by atoms with Crippen LogP contribution in [0.4, 0.5) is 0 Å². The molecule has 0 heterocycles. The molecule has 1 aromatic carbocycles. The zero-order valence-electron chi connectivity index (χ0n) is 13.8. The summed E-state index contributed by atoms with van der Waals surface area (Å²) in [6, 6.07) is 8.35. The van der Waals surface area contributed by atoms with Gasteiger partial charge in [0.05, 0.1) is 5.16 Å². The average molecular weight is 383 g/mol. The molecule has 0 aromatic heterocycles. The Morgan fingerprint density at radius 2 is 1.96 bits per heavy atom. The van der Waals surface area contributed by atoms with E-state index in [2.05, 4.69) is 40.6 Å². The normalized spacial score (nSPS) is 18.6. The molecule has 25 heavy (non-hydrogen) atoms. The highest BCUT2D eigenvalue weighted by molar-refractivity contribution is 7.85.